The first kappa shape index (κ1) is 23.0. The van der Waals surface area contributed by atoms with Crippen LogP contribution in [0.4, 0.5) is 9.59 Å². The molecule has 10 nitrogen and oxygen atoms in total. The van der Waals surface area contributed by atoms with E-state index < -0.39 is 36.1 Å². The molecule has 0 saturated carbocycles. The van der Waals surface area contributed by atoms with E-state index in [1.54, 1.807) is 4.90 Å². The number of hydrogen-bond donors (Lipinski definition) is 2. The van der Waals surface area contributed by atoms with Crippen LogP contribution in [-0.2, 0) is 25.7 Å². The van der Waals surface area contributed by atoms with Crippen LogP contribution in [0.5, 0.6) is 0 Å². The minimum atomic E-state index is -0.835. The Kier molecular flexibility index (Phi) is 8.45. The second-order valence-corrected chi connectivity index (χ2v) is 6.94. The quantitative estimate of drug-likeness (QED) is 0.655. The van der Waals surface area contributed by atoms with Gasteiger partial charge in [-0.3, -0.25) is 4.79 Å². The minimum absolute atomic E-state index is 0.191. The predicted octanol–water partition coefficient (Wildman–Crippen LogP) is 0.717. The lowest BCUT2D eigenvalue weighted by Gasteiger charge is -2.34. The summed E-state index contributed by atoms with van der Waals surface area (Å²) in [4.78, 5) is 51.1. The maximum atomic E-state index is 12.4. The summed E-state index contributed by atoms with van der Waals surface area (Å²) in [5.74, 6) is -1.07. The Bertz CT molecular complexity index is 749. The van der Waals surface area contributed by atoms with Crippen molar-refractivity contribution in [1.29, 1.82) is 0 Å². The van der Waals surface area contributed by atoms with Gasteiger partial charge in [0.25, 0.3) is 0 Å². The van der Waals surface area contributed by atoms with Crippen molar-refractivity contribution in [2.24, 2.45) is 0 Å². The van der Waals surface area contributed by atoms with E-state index in [-0.39, 0.29) is 6.61 Å². The number of carbonyl (C=O) groups excluding carboxylic acids is 4. The molecule has 1 aliphatic rings. The number of rotatable bonds is 6. The first-order chi connectivity index (χ1) is 14.3. The number of amides is 4. The summed E-state index contributed by atoms with van der Waals surface area (Å²) in [6.07, 6.45) is -0.427. The molecule has 2 N–H and O–H groups in total. The van der Waals surface area contributed by atoms with E-state index >= 15 is 0 Å². The van der Waals surface area contributed by atoms with Crippen molar-refractivity contribution in [2.45, 2.75) is 32.5 Å². The average Bonchev–Trinajstić information content (AvgIpc) is 2.77. The highest BCUT2D eigenvalue weighted by Crippen LogP contribution is 2.07. The van der Waals surface area contributed by atoms with Gasteiger partial charge in [0.05, 0.1) is 7.11 Å². The number of nitrogens with one attached hydrogen (secondary N) is 2. The lowest BCUT2D eigenvalue weighted by Crippen LogP contribution is -2.56. The van der Waals surface area contributed by atoms with Crippen LogP contribution < -0.4 is 10.6 Å². The van der Waals surface area contributed by atoms with Gasteiger partial charge in [0.15, 0.2) is 0 Å². The molecule has 0 aliphatic carbocycles. The Hall–Kier alpha value is -3.30. The van der Waals surface area contributed by atoms with E-state index in [2.05, 4.69) is 15.4 Å². The molecule has 0 bridgehead atoms. The summed E-state index contributed by atoms with van der Waals surface area (Å²) < 4.78 is 9.85. The number of benzene rings is 1. The van der Waals surface area contributed by atoms with Gasteiger partial charge < -0.3 is 29.9 Å². The summed E-state index contributed by atoms with van der Waals surface area (Å²) in [5, 5.41) is 5.06. The van der Waals surface area contributed by atoms with Crippen LogP contribution in [0.2, 0.25) is 0 Å². The molecule has 0 spiro atoms. The van der Waals surface area contributed by atoms with Gasteiger partial charge in [-0.1, -0.05) is 30.3 Å². The van der Waals surface area contributed by atoms with Crippen LogP contribution >= 0.6 is 0 Å². The van der Waals surface area contributed by atoms with Gasteiger partial charge in [0, 0.05) is 26.2 Å². The monoisotopic (exact) mass is 420 g/mol. The zero-order valence-electron chi connectivity index (χ0n) is 17.4. The fourth-order valence-corrected chi connectivity index (χ4v) is 2.82. The van der Waals surface area contributed by atoms with Crippen LogP contribution in [0.15, 0.2) is 30.3 Å². The summed E-state index contributed by atoms with van der Waals surface area (Å²) in [6.45, 7) is 4.51. The SMILES string of the molecule is COC(=O)[C@H](C)NC(=O)[C@H](C)NC(=O)N1CCN(C(=O)OCc2ccccc2)CC1. The highest BCUT2D eigenvalue weighted by atomic mass is 16.6. The molecule has 0 unspecified atom stereocenters. The lowest BCUT2D eigenvalue weighted by molar-refractivity contribution is -0.144. The molecule has 1 fully saturated rings. The number of piperazine rings is 1. The molecule has 10 heteroatoms. The summed E-state index contributed by atoms with van der Waals surface area (Å²) in [7, 11) is 1.23. The van der Waals surface area contributed by atoms with Gasteiger partial charge in [0.2, 0.25) is 5.91 Å². The topological polar surface area (TPSA) is 117 Å². The molecule has 2 atom stereocenters. The van der Waals surface area contributed by atoms with Crippen molar-refractivity contribution in [3.63, 3.8) is 0 Å². The molecular formula is C20H28N4O6. The smallest absolute Gasteiger partial charge is 0.410 e. The van der Waals surface area contributed by atoms with E-state index in [9.17, 15) is 19.2 Å². The normalized spacial score (nSPS) is 15.6. The van der Waals surface area contributed by atoms with E-state index in [4.69, 9.17) is 4.74 Å². The molecule has 30 heavy (non-hydrogen) atoms. The highest BCUT2D eigenvalue weighted by Gasteiger charge is 2.27. The number of methoxy groups -OCH3 is 1. The maximum absolute atomic E-state index is 12.4. The molecule has 1 heterocycles. The molecular weight excluding hydrogens is 392 g/mol. The van der Waals surface area contributed by atoms with Crippen LogP contribution in [0.25, 0.3) is 0 Å². The summed E-state index contributed by atoms with van der Waals surface area (Å²) in [5.41, 5.74) is 0.901. The van der Waals surface area contributed by atoms with Crippen molar-refractivity contribution >= 4 is 24.0 Å². The van der Waals surface area contributed by atoms with Gasteiger partial charge >= 0.3 is 18.1 Å². The second-order valence-electron chi connectivity index (χ2n) is 6.94. The zero-order chi connectivity index (χ0) is 22.1. The molecule has 0 aromatic heterocycles. The first-order valence-corrected chi connectivity index (χ1v) is 9.71. The molecule has 164 valence electrons. The van der Waals surface area contributed by atoms with Crippen LogP contribution in [0, 0.1) is 0 Å². The van der Waals surface area contributed by atoms with Crippen molar-refractivity contribution in [1.82, 2.24) is 20.4 Å². The standard InChI is InChI=1S/C20H28N4O6/c1-14(17(25)21-15(2)18(26)29-3)22-19(27)23-9-11-24(12-10-23)20(28)30-13-16-7-5-4-6-8-16/h4-8,14-15H,9-13H2,1-3H3,(H,21,25)(H,22,27)/t14-,15-/m0/s1. The zero-order valence-corrected chi connectivity index (χ0v) is 17.4. The Balaban J connectivity index is 1.73. The van der Waals surface area contributed by atoms with Crippen molar-refractivity contribution in [3.05, 3.63) is 35.9 Å². The third-order valence-electron chi connectivity index (χ3n) is 4.68. The molecule has 1 aliphatic heterocycles. The van der Waals surface area contributed by atoms with Gasteiger partial charge in [-0.25, -0.2) is 14.4 Å². The molecule has 4 amide bonds. The first-order valence-electron chi connectivity index (χ1n) is 9.71. The number of nitrogens with zero attached hydrogens (tertiary/aromatic N) is 2. The third kappa shape index (κ3) is 6.64. The summed E-state index contributed by atoms with van der Waals surface area (Å²) >= 11 is 0. The molecule has 0 radical (unpaired) electrons. The fraction of sp³-hybridized carbons (Fsp3) is 0.500. The lowest BCUT2D eigenvalue weighted by atomic mass is 10.2. The number of carbonyl (C=O) groups is 4. The number of hydrogen-bond acceptors (Lipinski definition) is 6. The number of urea groups is 1. The highest BCUT2D eigenvalue weighted by molar-refractivity contribution is 5.90. The van der Waals surface area contributed by atoms with Gasteiger partial charge in [-0.15, -0.1) is 0 Å². The maximum Gasteiger partial charge on any atom is 0.410 e. The van der Waals surface area contributed by atoms with Crippen LogP contribution in [0.1, 0.15) is 19.4 Å². The molecule has 1 aromatic carbocycles. The molecule has 1 saturated heterocycles. The van der Waals surface area contributed by atoms with Gasteiger partial charge in [-0.2, -0.15) is 0 Å². The predicted molar refractivity (Wildman–Crippen MR) is 107 cm³/mol. The van der Waals surface area contributed by atoms with E-state index in [1.807, 2.05) is 30.3 Å². The molecule has 2 rings (SSSR count). The van der Waals surface area contributed by atoms with Crippen molar-refractivity contribution < 1.29 is 28.7 Å². The molecule has 1 aromatic rings. The second kappa shape index (κ2) is 11.0. The Morgan fingerprint density at radius 1 is 0.933 bits per heavy atom. The van der Waals surface area contributed by atoms with Crippen molar-refractivity contribution in [2.75, 3.05) is 33.3 Å². The Labute approximate surface area is 175 Å². The Morgan fingerprint density at radius 2 is 1.53 bits per heavy atom. The van der Waals surface area contributed by atoms with E-state index in [1.165, 1.54) is 25.9 Å². The average molecular weight is 420 g/mol. The summed E-state index contributed by atoms with van der Waals surface area (Å²) in [6, 6.07) is 7.32. The Morgan fingerprint density at radius 3 is 2.13 bits per heavy atom. The number of ether oxygens (including phenoxy) is 2. The van der Waals surface area contributed by atoms with Crippen LogP contribution in [0.3, 0.4) is 0 Å². The van der Waals surface area contributed by atoms with Gasteiger partial charge in [0.1, 0.15) is 18.7 Å². The van der Waals surface area contributed by atoms with E-state index in [0.717, 1.165) is 5.56 Å². The number of esters is 1. The van der Waals surface area contributed by atoms with E-state index in [0.29, 0.717) is 26.2 Å². The minimum Gasteiger partial charge on any atom is -0.467 e. The third-order valence-corrected chi connectivity index (χ3v) is 4.68. The fourth-order valence-electron chi connectivity index (χ4n) is 2.82. The largest absolute Gasteiger partial charge is 0.467 e. The van der Waals surface area contributed by atoms with Crippen LogP contribution in [-0.4, -0.2) is 79.2 Å². The van der Waals surface area contributed by atoms with Gasteiger partial charge in [-0.05, 0) is 19.4 Å². The van der Waals surface area contributed by atoms with Crippen molar-refractivity contribution in [3.8, 4) is 0 Å².